The lowest BCUT2D eigenvalue weighted by atomic mass is 9.94. The molecule has 11 heteroatoms. The number of aromatic nitrogens is 3. The Morgan fingerprint density at radius 1 is 1.08 bits per heavy atom. The van der Waals surface area contributed by atoms with Gasteiger partial charge in [0, 0.05) is 40.8 Å². The zero-order chi connectivity index (χ0) is 27.9. The summed E-state index contributed by atoms with van der Waals surface area (Å²) in [5.74, 6) is -0.607. The van der Waals surface area contributed by atoms with Gasteiger partial charge in [0.2, 0.25) is 5.91 Å². The van der Waals surface area contributed by atoms with Crippen molar-refractivity contribution in [1.82, 2.24) is 19.7 Å². The van der Waals surface area contributed by atoms with Crippen LogP contribution >= 0.6 is 11.6 Å². The van der Waals surface area contributed by atoms with Crippen LogP contribution in [0.15, 0.2) is 64.4 Å². The van der Waals surface area contributed by atoms with E-state index >= 15 is 0 Å². The van der Waals surface area contributed by atoms with E-state index in [9.17, 15) is 22.8 Å². The molecule has 1 aliphatic rings. The number of sulfone groups is 1. The maximum Gasteiger partial charge on any atom is 0.259 e. The first kappa shape index (κ1) is 26.8. The molecule has 4 aromatic rings. The topological polar surface area (TPSA) is 120 Å². The minimum atomic E-state index is -3.74. The molecule has 1 saturated carbocycles. The highest BCUT2D eigenvalue weighted by Crippen LogP contribution is 2.33. The maximum atomic E-state index is 13.8. The van der Waals surface area contributed by atoms with E-state index in [0.29, 0.717) is 21.4 Å². The molecular formula is C28H27ClN4O5S. The standard InChI is InChI=1S/C28H27ClN4O5S/c1-3-23(34)27-26(17-7-5-4-6-8-17)22-13-18(29)9-12-21(22)28(36)32(27)15-20-14-25(39(2,37)38)33(31-20)16-24(35)30-19-10-11-19/h4-9,12-14,19H,3,10-11,15-16H2,1-2H3,(H,30,35). The fraction of sp³-hybridized carbons (Fsp3) is 0.286. The van der Waals surface area contributed by atoms with E-state index in [2.05, 4.69) is 10.4 Å². The molecule has 1 N–H and O–H groups in total. The molecule has 1 aliphatic carbocycles. The summed E-state index contributed by atoms with van der Waals surface area (Å²) in [5, 5.41) is 8.40. The monoisotopic (exact) mass is 566 g/mol. The van der Waals surface area contributed by atoms with Gasteiger partial charge in [0.1, 0.15) is 6.54 Å². The van der Waals surface area contributed by atoms with Gasteiger partial charge >= 0.3 is 0 Å². The van der Waals surface area contributed by atoms with Gasteiger partial charge in [-0.25, -0.2) is 13.1 Å². The molecule has 0 radical (unpaired) electrons. The van der Waals surface area contributed by atoms with Crippen molar-refractivity contribution in [3.63, 3.8) is 0 Å². The number of fused-ring (bicyclic) bond motifs is 1. The van der Waals surface area contributed by atoms with E-state index in [-0.39, 0.29) is 53.7 Å². The van der Waals surface area contributed by atoms with Gasteiger partial charge < -0.3 is 5.32 Å². The summed E-state index contributed by atoms with van der Waals surface area (Å²) in [6.07, 6.45) is 2.95. The lowest BCUT2D eigenvalue weighted by molar-refractivity contribution is -0.122. The zero-order valence-electron chi connectivity index (χ0n) is 21.5. The van der Waals surface area contributed by atoms with E-state index in [1.54, 1.807) is 25.1 Å². The van der Waals surface area contributed by atoms with Crippen molar-refractivity contribution in [2.75, 3.05) is 6.26 Å². The minimum absolute atomic E-state index is 0.109. The average Bonchev–Trinajstić information content (AvgIpc) is 3.61. The lowest BCUT2D eigenvalue weighted by Gasteiger charge is -2.19. The van der Waals surface area contributed by atoms with E-state index in [1.807, 2.05) is 30.3 Å². The number of hydrogen-bond donors (Lipinski definition) is 1. The number of amides is 1. The Labute approximate surface area is 230 Å². The molecule has 0 bridgehead atoms. The van der Waals surface area contributed by atoms with Crippen LogP contribution in [0, 0.1) is 0 Å². The first-order valence-electron chi connectivity index (χ1n) is 12.6. The highest BCUT2D eigenvalue weighted by atomic mass is 35.5. The number of halogens is 1. The Hall–Kier alpha value is -3.76. The van der Waals surface area contributed by atoms with Crippen LogP contribution in [0.4, 0.5) is 0 Å². The Morgan fingerprint density at radius 3 is 2.44 bits per heavy atom. The summed E-state index contributed by atoms with van der Waals surface area (Å²) >= 11 is 6.31. The highest BCUT2D eigenvalue weighted by Gasteiger charge is 2.27. The molecular weight excluding hydrogens is 540 g/mol. The molecule has 2 aromatic heterocycles. The summed E-state index contributed by atoms with van der Waals surface area (Å²) in [4.78, 5) is 39.7. The Kier molecular flexibility index (Phi) is 7.17. The van der Waals surface area contributed by atoms with Gasteiger partial charge in [0.15, 0.2) is 20.6 Å². The second kappa shape index (κ2) is 10.4. The summed E-state index contributed by atoms with van der Waals surface area (Å²) in [7, 11) is -3.74. The number of rotatable bonds is 9. The molecule has 2 aromatic carbocycles. The zero-order valence-corrected chi connectivity index (χ0v) is 23.1. The molecule has 0 saturated heterocycles. The third-order valence-electron chi connectivity index (χ3n) is 6.61. The largest absolute Gasteiger partial charge is 0.352 e. The number of nitrogens with zero attached hydrogens (tertiary/aromatic N) is 3. The fourth-order valence-electron chi connectivity index (χ4n) is 4.66. The number of pyridine rings is 1. The van der Waals surface area contributed by atoms with Gasteiger partial charge in [0.05, 0.1) is 17.9 Å². The predicted octanol–water partition coefficient (Wildman–Crippen LogP) is 3.84. The van der Waals surface area contributed by atoms with Crippen LogP contribution in [0.25, 0.3) is 21.9 Å². The van der Waals surface area contributed by atoms with E-state index < -0.39 is 15.4 Å². The number of carbonyl (C=O) groups excluding carboxylic acids is 2. The Bertz CT molecular complexity index is 1770. The van der Waals surface area contributed by atoms with Crippen LogP contribution in [0.5, 0.6) is 0 Å². The van der Waals surface area contributed by atoms with Crippen molar-refractivity contribution in [3.8, 4) is 11.1 Å². The van der Waals surface area contributed by atoms with Crippen molar-refractivity contribution in [2.45, 2.75) is 50.3 Å². The molecule has 39 heavy (non-hydrogen) atoms. The van der Waals surface area contributed by atoms with Gasteiger partial charge in [-0.3, -0.25) is 19.0 Å². The van der Waals surface area contributed by atoms with Crippen LogP contribution in [0.3, 0.4) is 0 Å². The summed E-state index contributed by atoms with van der Waals surface area (Å²) in [6, 6.07) is 15.6. The van der Waals surface area contributed by atoms with Crippen molar-refractivity contribution in [2.24, 2.45) is 0 Å². The van der Waals surface area contributed by atoms with Crippen LogP contribution < -0.4 is 10.9 Å². The fourth-order valence-corrected chi connectivity index (χ4v) is 5.67. The quantitative estimate of drug-likeness (QED) is 0.307. The number of benzene rings is 2. The van der Waals surface area contributed by atoms with Crippen LogP contribution in [-0.4, -0.2) is 46.8 Å². The number of Topliss-reactive ketones (excluding diaryl/α,β-unsaturated/α-hetero) is 1. The second-order valence-electron chi connectivity index (χ2n) is 9.69. The smallest absolute Gasteiger partial charge is 0.259 e. The second-order valence-corrected chi connectivity index (χ2v) is 12.1. The molecule has 0 atom stereocenters. The molecule has 2 heterocycles. The summed E-state index contributed by atoms with van der Waals surface area (Å²) in [6.45, 7) is 1.27. The molecule has 9 nitrogen and oxygen atoms in total. The number of nitrogens with one attached hydrogen (secondary N) is 1. The van der Waals surface area contributed by atoms with Crippen LogP contribution in [0.1, 0.15) is 42.4 Å². The molecule has 202 valence electrons. The molecule has 0 aliphatic heterocycles. The van der Waals surface area contributed by atoms with Crippen LogP contribution in [-0.2, 0) is 27.7 Å². The van der Waals surface area contributed by atoms with E-state index in [4.69, 9.17) is 11.6 Å². The van der Waals surface area contributed by atoms with Crippen LogP contribution in [0.2, 0.25) is 5.02 Å². The SMILES string of the molecule is CCC(=O)c1c(-c2ccccc2)c2cc(Cl)ccc2c(=O)n1Cc1cc(S(C)(=O)=O)n(CC(=O)NC2CC2)n1. The summed E-state index contributed by atoms with van der Waals surface area (Å²) in [5.41, 5.74) is 1.28. The number of carbonyl (C=O) groups is 2. The van der Waals surface area contributed by atoms with Crippen molar-refractivity contribution >= 4 is 43.9 Å². The minimum Gasteiger partial charge on any atom is -0.352 e. The number of hydrogen-bond acceptors (Lipinski definition) is 6. The van der Waals surface area contributed by atoms with Crippen molar-refractivity contribution in [3.05, 3.63) is 81.4 Å². The molecule has 0 spiro atoms. The van der Waals surface area contributed by atoms with Gasteiger partial charge in [-0.2, -0.15) is 5.10 Å². The summed E-state index contributed by atoms with van der Waals surface area (Å²) < 4.78 is 27.6. The molecule has 1 amide bonds. The first-order chi connectivity index (χ1) is 18.6. The first-order valence-corrected chi connectivity index (χ1v) is 14.8. The predicted molar refractivity (Wildman–Crippen MR) is 149 cm³/mol. The third-order valence-corrected chi connectivity index (χ3v) is 7.93. The Balaban J connectivity index is 1.71. The van der Waals surface area contributed by atoms with Gasteiger partial charge in [0.25, 0.3) is 5.56 Å². The average molecular weight is 567 g/mol. The number of ketones is 1. The molecule has 0 unspecified atom stereocenters. The van der Waals surface area contributed by atoms with Gasteiger partial charge in [-0.1, -0.05) is 48.9 Å². The van der Waals surface area contributed by atoms with E-state index in [0.717, 1.165) is 29.3 Å². The van der Waals surface area contributed by atoms with E-state index in [1.165, 1.54) is 10.6 Å². The highest BCUT2D eigenvalue weighted by molar-refractivity contribution is 7.90. The molecule has 5 rings (SSSR count). The van der Waals surface area contributed by atoms with Gasteiger partial charge in [-0.05, 0) is 42.0 Å². The normalized spacial score (nSPS) is 13.5. The Morgan fingerprint density at radius 2 is 1.79 bits per heavy atom. The van der Waals surface area contributed by atoms with Crippen molar-refractivity contribution < 1.29 is 18.0 Å². The lowest BCUT2D eigenvalue weighted by Crippen LogP contribution is -2.30. The van der Waals surface area contributed by atoms with Crippen molar-refractivity contribution in [1.29, 1.82) is 0 Å². The third kappa shape index (κ3) is 5.53. The molecule has 1 fully saturated rings. The van der Waals surface area contributed by atoms with Gasteiger partial charge in [-0.15, -0.1) is 0 Å². The maximum absolute atomic E-state index is 13.8.